The smallest absolute Gasteiger partial charge is 0.135 e. The molecule has 5 aromatic carbocycles. The molecule has 0 saturated carbocycles. The van der Waals surface area contributed by atoms with Gasteiger partial charge in [0.15, 0.2) is 0 Å². The van der Waals surface area contributed by atoms with Crippen LogP contribution in [0.5, 0.6) is 11.5 Å². The Hall–Kier alpha value is -4.86. The van der Waals surface area contributed by atoms with Gasteiger partial charge in [-0.2, -0.15) is 12.1 Å². The third kappa shape index (κ3) is 7.40. The van der Waals surface area contributed by atoms with Crippen molar-refractivity contribution in [1.29, 1.82) is 0 Å². The molecule has 5 nitrogen and oxygen atoms in total. The predicted molar refractivity (Wildman–Crippen MR) is 234 cm³/mol. The Morgan fingerprint density at radius 1 is 0.579 bits per heavy atom. The number of anilines is 4. The van der Waals surface area contributed by atoms with Crippen molar-refractivity contribution in [3.8, 4) is 17.3 Å². The van der Waals surface area contributed by atoms with Crippen molar-refractivity contribution in [2.24, 2.45) is 5.41 Å². The Labute approximate surface area is 354 Å². The molecule has 1 aliphatic rings. The molecule has 0 atom stereocenters. The molecule has 0 fully saturated rings. The topological polar surface area (TPSA) is 33.5 Å². The van der Waals surface area contributed by atoms with Gasteiger partial charge in [-0.05, 0) is 86.2 Å². The van der Waals surface area contributed by atoms with Gasteiger partial charge >= 0.3 is 0 Å². The minimum Gasteiger partial charge on any atom is -0.509 e. The van der Waals surface area contributed by atoms with Gasteiger partial charge in [0, 0.05) is 61.3 Å². The SMILES string of the molecule is CC(C)(C)c1ccnc(-n2c3[c-]c(Oc4[c-]c(N5[CH-]N(c6cccc(C(C)(C)C(C)(C)C)c6)c6cc(C(C)(C)C)ccc65)ccc4)ccc3c3ccccc32)c1.[Pt]. The van der Waals surface area contributed by atoms with Gasteiger partial charge < -0.3 is 19.1 Å². The van der Waals surface area contributed by atoms with Crippen LogP contribution in [0.2, 0.25) is 0 Å². The Morgan fingerprint density at radius 2 is 1.28 bits per heavy atom. The molecule has 0 unspecified atom stereocenters. The molecule has 0 amide bonds. The Morgan fingerprint density at radius 3 is 2.02 bits per heavy atom. The van der Waals surface area contributed by atoms with E-state index >= 15 is 0 Å². The first-order valence-electron chi connectivity index (χ1n) is 19.7. The van der Waals surface area contributed by atoms with Gasteiger partial charge in [0.25, 0.3) is 0 Å². The zero-order chi connectivity index (χ0) is 39.8. The average Bonchev–Trinajstić information content (AvgIpc) is 3.70. The zero-order valence-electron chi connectivity index (χ0n) is 35.1. The molecule has 0 aliphatic carbocycles. The molecule has 1 aliphatic heterocycles. The molecule has 3 heterocycles. The van der Waals surface area contributed by atoms with Crippen LogP contribution < -0.4 is 14.5 Å². The van der Waals surface area contributed by atoms with E-state index in [4.69, 9.17) is 9.72 Å². The van der Waals surface area contributed by atoms with Crippen molar-refractivity contribution in [2.45, 2.75) is 92.4 Å². The number of aromatic nitrogens is 2. The number of hydrogen-bond acceptors (Lipinski definition) is 4. The monoisotopic (exact) mass is 932 g/mol. The molecule has 6 heteroatoms. The first-order valence-corrected chi connectivity index (χ1v) is 19.7. The molecule has 296 valence electrons. The molecular formula is C51H53N4OPt-3. The van der Waals surface area contributed by atoms with E-state index < -0.39 is 0 Å². The molecule has 0 N–H and O–H groups in total. The van der Waals surface area contributed by atoms with Gasteiger partial charge in [-0.15, -0.1) is 48.1 Å². The molecule has 7 aromatic rings. The van der Waals surface area contributed by atoms with Gasteiger partial charge in [0.2, 0.25) is 0 Å². The number of para-hydroxylation sites is 1. The normalized spacial score (nSPS) is 13.6. The van der Waals surface area contributed by atoms with E-state index in [0.29, 0.717) is 11.5 Å². The summed E-state index contributed by atoms with van der Waals surface area (Å²) >= 11 is 0. The summed E-state index contributed by atoms with van der Waals surface area (Å²) in [6, 6.07) is 46.0. The first-order chi connectivity index (χ1) is 26.4. The second kappa shape index (κ2) is 14.5. The molecule has 0 spiro atoms. The Balaban J connectivity index is 0.00000496. The van der Waals surface area contributed by atoms with E-state index in [1.165, 1.54) is 16.7 Å². The fraction of sp³-hybridized carbons (Fsp3) is 0.294. The molecule has 0 saturated heterocycles. The number of hydrogen-bond donors (Lipinski definition) is 0. The van der Waals surface area contributed by atoms with Crippen LogP contribution >= 0.6 is 0 Å². The number of ether oxygens (including phenoxy) is 1. The third-order valence-corrected chi connectivity index (χ3v) is 11.9. The van der Waals surface area contributed by atoms with E-state index in [9.17, 15) is 0 Å². The maximum Gasteiger partial charge on any atom is 0.135 e. The quantitative estimate of drug-likeness (QED) is 0.156. The summed E-state index contributed by atoms with van der Waals surface area (Å²) in [5, 5.41) is 2.25. The molecule has 57 heavy (non-hydrogen) atoms. The molecule has 0 radical (unpaired) electrons. The van der Waals surface area contributed by atoms with Crippen molar-refractivity contribution in [3.05, 3.63) is 151 Å². The first kappa shape index (κ1) is 40.3. The van der Waals surface area contributed by atoms with Gasteiger partial charge in [-0.3, -0.25) is 0 Å². The number of nitrogens with zero attached hydrogens (tertiary/aromatic N) is 4. The van der Waals surface area contributed by atoms with Crippen LogP contribution in [-0.2, 0) is 37.3 Å². The van der Waals surface area contributed by atoms with Crippen molar-refractivity contribution in [3.63, 3.8) is 0 Å². The van der Waals surface area contributed by atoms with E-state index in [1.807, 2.05) is 24.4 Å². The minimum atomic E-state index is -0.0284. The van der Waals surface area contributed by atoms with Crippen molar-refractivity contribution in [2.75, 3.05) is 9.80 Å². The largest absolute Gasteiger partial charge is 0.509 e. The van der Waals surface area contributed by atoms with E-state index in [2.05, 4.69) is 200 Å². The predicted octanol–water partition coefficient (Wildman–Crippen LogP) is 13.9. The van der Waals surface area contributed by atoms with Crippen molar-refractivity contribution < 1.29 is 25.8 Å². The van der Waals surface area contributed by atoms with Crippen LogP contribution in [0.4, 0.5) is 22.7 Å². The average molecular weight is 933 g/mol. The number of pyridine rings is 1. The summed E-state index contributed by atoms with van der Waals surface area (Å²) in [6.45, 7) is 27.3. The summed E-state index contributed by atoms with van der Waals surface area (Å²) in [6.07, 6.45) is 1.90. The number of rotatable bonds is 6. The van der Waals surface area contributed by atoms with Gasteiger partial charge in [0.05, 0.1) is 0 Å². The van der Waals surface area contributed by atoms with Gasteiger partial charge in [-0.1, -0.05) is 118 Å². The van der Waals surface area contributed by atoms with Crippen LogP contribution in [-0.4, -0.2) is 9.55 Å². The van der Waals surface area contributed by atoms with E-state index in [1.54, 1.807) is 0 Å². The summed E-state index contributed by atoms with van der Waals surface area (Å²) < 4.78 is 8.80. The Kier molecular flexibility index (Phi) is 10.3. The summed E-state index contributed by atoms with van der Waals surface area (Å²) in [4.78, 5) is 9.37. The Bertz CT molecular complexity index is 2600. The summed E-state index contributed by atoms with van der Waals surface area (Å²) in [7, 11) is 0. The van der Waals surface area contributed by atoms with E-state index in [0.717, 1.165) is 50.4 Å². The molecule has 2 aromatic heterocycles. The molecule has 8 rings (SSSR count). The maximum absolute atomic E-state index is 6.60. The van der Waals surface area contributed by atoms with Crippen LogP contribution in [0.15, 0.2) is 115 Å². The van der Waals surface area contributed by atoms with Crippen molar-refractivity contribution >= 4 is 44.6 Å². The molecule has 0 bridgehead atoms. The number of benzene rings is 5. The van der Waals surface area contributed by atoms with Crippen LogP contribution in [0.1, 0.15) is 92.9 Å². The van der Waals surface area contributed by atoms with Crippen LogP contribution in [0.3, 0.4) is 0 Å². The third-order valence-electron chi connectivity index (χ3n) is 11.9. The van der Waals surface area contributed by atoms with Crippen LogP contribution in [0.25, 0.3) is 27.6 Å². The second-order valence-electron chi connectivity index (χ2n) is 18.8. The van der Waals surface area contributed by atoms with Crippen LogP contribution in [0, 0.1) is 24.2 Å². The van der Waals surface area contributed by atoms with E-state index in [-0.39, 0.29) is 42.7 Å². The fourth-order valence-corrected chi connectivity index (χ4v) is 7.44. The summed E-state index contributed by atoms with van der Waals surface area (Å²) in [5.74, 6) is 2.09. The maximum atomic E-state index is 6.60. The standard InChI is InChI=1S/C51H53N4O.Pt/c1-48(2,3)34-22-25-44-46(29-34)54(37-17-14-16-36(28-37)51(10,11)50(7,8)9)33-53(44)38-18-15-19-39(31-38)56-40-23-24-42-41-20-12-13-21-43(41)55(45(42)32-40)47-30-35(26-27-52-47)49(4,5)6;/h12-30,33H,1-11H3;/q-3;. The second-order valence-corrected chi connectivity index (χ2v) is 18.8. The molecular weight excluding hydrogens is 880 g/mol. The van der Waals surface area contributed by atoms with Crippen molar-refractivity contribution in [1.82, 2.24) is 9.55 Å². The zero-order valence-corrected chi connectivity index (χ0v) is 37.3. The minimum absolute atomic E-state index is 0. The summed E-state index contributed by atoms with van der Waals surface area (Å²) in [5.41, 5.74) is 10.1. The number of fused-ring (bicyclic) bond motifs is 4. The van der Waals surface area contributed by atoms with Gasteiger partial charge in [-0.25, -0.2) is 4.98 Å². The van der Waals surface area contributed by atoms with Gasteiger partial charge in [0.1, 0.15) is 5.82 Å². The fourth-order valence-electron chi connectivity index (χ4n) is 7.44.